The molecule has 0 spiro atoms. The van der Waals surface area contributed by atoms with Gasteiger partial charge in [0, 0.05) is 0 Å². The molecule has 0 saturated carbocycles. The largest absolute Gasteiger partial charge is 0.0622 e. The fourth-order valence-corrected chi connectivity index (χ4v) is 9.02. The maximum atomic E-state index is 2.40. The van der Waals surface area contributed by atoms with Crippen molar-refractivity contribution in [3.63, 3.8) is 0 Å². The quantitative estimate of drug-likeness (QED) is 0.131. The maximum Gasteiger partial charge on any atom is -0.000740 e. The van der Waals surface area contributed by atoms with Crippen molar-refractivity contribution in [3.05, 3.63) is 194 Å². The van der Waals surface area contributed by atoms with Crippen LogP contribution in [0.25, 0.3) is 109 Å². The molecule has 0 bridgehead atoms. The molecule has 0 heteroatoms. The van der Waals surface area contributed by atoms with Gasteiger partial charge in [0.15, 0.2) is 0 Å². The second kappa shape index (κ2) is 11.4. The van der Waals surface area contributed by atoms with Gasteiger partial charge in [-0.15, -0.1) is 0 Å². The third-order valence-corrected chi connectivity index (χ3v) is 11.1. The van der Waals surface area contributed by atoms with Gasteiger partial charge in [0.25, 0.3) is 0 Å². The van der Waals surface area contributed by atoms with Crippen LogP contribution < -0.4 is 0 Å². The Morgan fingerprint density at radius 3 is 0.942 bits per heavy atom. The SMILES string of the molecule is c1ccc(-c2cc(-c3ccccc3)cc(-c3c4ccccc4c4c5c3cccc5c3cccc5c(-c6ccccc6)c6ccccc6c4c53)c2)cc1. The van der Waals surface area contributed by atoms with Crippen LogP contribution in [0.2, 0.25) is 0 Å². The van der Waals surface area contributed by atoms with E-state index in [4.69, 9.17) is 0 Å². The summed E-state index contributed by atoms with van der Waals surface area (Å²) in [6, 6.07) is 71.7. The number of hydrogen-bond donors (Lipinski definition) is 0. The Balaban J connectivity index is 1.35. The number of rotatable bonds is 4. The summed E-state index contributed by atoms with van der Waals surface area (Å²) in [6.07, 6.45) is 0. The first-order valence-electron chi connectivity index (χ1n) is 18.1. The molecule has 11 aromatic rings. The molecule has 0 aliphatic heterocycles. The van der Waals surface area contributed by atoms with E-state index in [0.29, 0.717) is 0 Å². The number of benzene rings is 11. The van der Waals surface area contributed by atoms with Gasteiger partial charge in [0.05, 0.1) is 0 Å². The zero-order valence-corrected chi connectivity index (χ0v) is 28.5. The van der Waals surface area contributed by atoms with Crippen molar-refractivity contribution in [2.75, 3.05) is 0 Å². The van der Waals surface area contributed by atoms with Crippen LogP contribution in [-0.2, 0) is 0 Å². The summed E-state index contributed by atoms with van der Waals surface area (Å²) in [5.74, 6) is 0. The van der Waals surface area contributed by atoms with Gasteiger partial charge in [0.1, 0.15) is 0 Å². The minimum Gasteiger partial charge on any atom is -0.0622 e. The lowest BCUT2D eigenvalue weighted by atomic mass is 9.80. The van der Waals surface area contributed by atoms with Crippen molar-refractivity contribution in [3.8, 4) is 44.5 Å². The molecule has 0 aliphatic carbocycles. The number of hydrogen-bond acceptors (Lipinski definition) is 0. The van der Waals surface area contributed by atoms with Crippen molar-refractivity contribution in [2.45, 2.75) is 0 Å². The third-order valence-electron chi connectivity index (χ3n) is 11.1. The van der Waals surface area contributed by atoms with Crippen LogP contribution in [0.15, 0.2) is 194 Å². The van der Waals surface area contributed by atoms with Gasteiger partial charge in [-0.1, -0.05) is 176 Å². The van der Waals surface area contributed by atoms with Gasteiger partial charge in [0.2, 0.25) is 0 Å². The van der Waals surface area contributed by atoms with Gasteiger partial charge < -0.3 is 0 Å². The molecular weight excluding hydrogens is 625 g/mol. The van der Waals surface area contributed by atoms with E-state index in [1.165, 1.54) is 109 Å². The molecule has 0 amide bonds. The molecule has 0 heterocycles. The summed E-state index contributed by atoms with van der Waals surface area (Å²) in [5, 5.41) is 15.7. The van der Waals surface area contributed by atoms with Gasteiger partial charge in [-0.2, -0.15) is 0 Å². The zero-order valence-electron chi connectivity index (χ0n) is 28.5. The molecule has 11 aromatic carbocycles. The van der Waals surface area contributed by atoms with Gasteiger partial charge in [-0.25, -0.2) is 0 Å². The van der Waals surface area contributed by atoms with Crippen LogP contribution in [0, 0.1) is 0 Å². The number of fused-ring (bicyclic) bond motifs is 6. The average Bonchev–Trinajstić information content (AvgIpc) is 3.22. The summed E-state index contributed by atoms with van der Waals surface area (Å²) in [5.41, 5.74) is 9.94. The van der Waals surface area contributed by atoms with Crippen LogP contribution in [-0.4, -0.2) is 0 Å². The van der Waals surface area contributed by atoms with E-state index < -0.39 is 0 Å². The fourth-order valence-electron chi connectivity index (χ4n) is 9.02. The predicted molar refractivity (Wildman–Crippen MR) is 224 cm³/mol. The molecule has 11 rings (SSSR count). The molecule has 0 aliphatic rings. The van der Waals surface area contributed by atoms with Crippen molar-refractivity contribution < 1.29 is 0 Å². The first-order valence-corrected chi connectivity index (χ1v) is 18.1. The average molecular weight is 657 g/mol. The second-order valence-corrected chi connectivity index (χ2v) is 13.9. The van der Waals surface area contributed by atoms with Crippen LogP contribution >= 0.6 is 0 Å². The lowest BCUT2D eigenvalue weighted by molar-refractivity contribution is 1.58. The maximum absolute atomic E-state index is 2.40. The van der Waals surface area contributed by atoms with Crippen molar-refractivity contribution in [1.29, 1.82) is 0 Å². The third kappa shape index (κ3) is 4.22. The van der Waals surface area contributed by atoms with Crippen LogP contribution in [0.5, 0.6) is 0 Å². The fraction of sp³-hybridized carbons (Fsp3) is 0. The van der Waals surface area contributed by atoms with E-state index in [9.17, 15) is 0 Å². The minimum atomic E-state index is 1.22. The molecule has 0 saturated heterocycles. The molecule has 0 unspecified atom stereocenters. The second-order valence-electron chi connectivity index (χ2n) is 13.9. The first kappa shape index (κ1) is 29.0. The lowest BCUT2D eigenvalue weighted by Gasteiger charge is -2.23. The Morgan fingerprint density at radius 2 is 0.481 bits per heavy atom. The van der Waals surface area contributed by atoms with Gasteiger partial charge in [-0.3, -0.25) is 0 Å². The van der Waals surface area contributed by atoms with E-state index in [1.54, 1.807) is 0 Å². The topological polar surface area (TPSA) is 0 Å². The van der Waals surface area contributed by atoms with Crippen LogP contribution in [0.4, 0.5) is 0 Å². The first-order chi connectivity index (χ1) is 25.8. The van der Waals surface area contributed by atoms with E-state index >= 15 is 0 Å². The Bertz CT molecular complexity index is 3080. The molecule has 0 fully saturated rings. The molecular formula is C52H32. The lowest BCUT2D eigenvalue weighted by Crippen LogP contribution is -1.95. The predicted octanol–water partition coefficient (Wildman–Crippen LogP) is 14.7. The monoisotopic (exact) mass is 656 g/mol. The van der Waals surface area contributed by atoms with Crippen molar-refractivity contribution >= 4 is 64.6 Å². The minimum absolute atomic E-state index is 1.22. The van der Waals surface area contributed by atoms with E-state index in [-0.39, 0.29) is 0 Å². The molecule has 240 valence electrons. The highest BCUT2D eigenvalue weighted by Gasteiger charge is 2.23. The van der Waals surface area contributed by atoms with Gasteiger partial charge in [-0.05, 0) is 127 Å². The van der Waals surface area contributed by atoms with Crippen molar-refractivity contribution in [2.24, 2.45) is 0 Å². The Kier molecular flexibility index (Phi) is 6.35. The molecule has 0 aromatic heterocycles. The summed E-state index contributed by atoms with van der Waals surface area (Å²) in [6.45, 7) is 0. The molecule has 52 heavy (non-hydrogen) atoms. The van der Waals surface area contributed by atoms with Crippen molar-refractivity contribution in [1.82, 2.24) is 0 Å². The highest BCUT2D eigenvalue weighted by atomic mass is 14.3. The normalized spacial score (nSPS) is 11.8. The molecule has 0 radical (unpaired) electrons. The molecule has 0 atom stereocenters. The molecule has 0 nitrogen and oxygen atoms in total. The van der Waals surface area contributed by atoms with E-state index in [0.717, 1.165) is 0 Å². The standard InChI is InChI=1S/C52H32/c1-4-16-33(17-5-1)36-30-37(34-18-6-2-7-19-34)32-38(31-36)48-40-23-11-13-25-44(40)52-50-42(27-15-29-46(48)50)41-26-14-28-45-47(35-20-8-3-9-21-35)39-22-10-12-24-43(39)51(52)49(41)45/h1-32H. The van der Waals surface area contributed by atoms with E-state index in [1.807, 2.05) is 0 Å². The van der Waals surface area contributed by atoms with E-state index in [2.05, 4.69) is 194 Å². The summed E-state index contributed by atoms with van der Waals surface area (Å²) in [4.78, 5) is 0. The van der Waals surface area contributed by atoms with Crippen LogP contribution in [0.1, 0.15) is 0 Å². The smallest absolute Gasteiger partial charge is 0.000740 e. The van der Waals surface area contributed by atoms with Gasteiger partial charge >= 0.3 is 0 Å². The molecule has 0 N–H and O–H groups in total. The van der Waals surface area contributed by atoms with Crippen LogP contribution in [0.3, 0.4) is 0 Å². The Hall–Kier alpha value is -6.76. The summed E-state index contributed by atoms with van der Waals surface area (Å²) in [7, 11) is 0. The zero-order chi connectivity index (χ0) is 34.2. The highest BCUT2D eigenvalue weighted by Crippen LogP contribution is 2.52. The Morgan fingerprint density at radius 1 is 0.173 bits per heavy atom. The Labute approximate surface area is 302 Å². The highest BCUT2D eigenvalue weighted by molar-refractivity contribution is 6.45. The summed E-state index contributed by atoms with van der Waals surface area (Å²) >= 11 is 0. The summed E-state index contributed by atoms with van der Waals surface area (Å²) < 4.78 is 0.